The molecule has 4 aromatic rings. The number of nitrogens with zero attached hydrogens (tertiary/aromatic N) is 1. The quantitative estimate of drug-likeness (QED) is 0.161. The van der Waals surface area contributed by atoms with Crippen LogP contribution in [0.25, 0.3) is 11.1 Å². The van der Waals surface area contributed by atoms with Crippen molar-refractivity contribution in [3.05, 3.63) is 83.4 Å². The van der Waals surface area contributed by atoms with Gasteiger partial charge in [0.2, 0.25) is 11.8 Å². The number of aromatic nitrogens is 1. The number of benzene rings is 3. The van der Waals surface area contributed by atoms with Crippen molar-refractivity contribution in [3.8, 4) is 0 Å². The highest BCUT2D eigenvalue weighted by molar-refractivity contribution is 5.93. The summed E-state index contributed by atoms with van der Waals surface area (Å²) >= 11 is 0. The molecule has 0 saturated heterocycles. The molecule has 0 radical (unpaired) electrons. The Hall–Kier alpha value is -5.19. The summed E-state index contributed by atoms with van der Waals surface area (Å²) in [6.07, 6.45) is 0.0963. The summed E-state index contributed by atoms with van der Waals surface area (Å²) in [4.78, 5) is 52.2. The third-order valence-corrected chi connectivity index (χ3v) is 6.53. The van der Waals surface area contributed by atoms with Crippen molar-refractivity contribution >= 4 is 52.2 Å². The maximum Gasteiger partial charge on any atom is 0.307 e. The zero-order chi connectivity index (χ0) is 30.1. The number of aliphatic carboxylic acids is 1. The van der Waals surface area contributed by atoms with Crippen LogP contribution in [-0.4, -0.2) is 41.0 Å². The van der Waals surface area contributed by atoms with Gasteiger partial charge in [-0.1, -0.05) is 36.4 Å². The van der Waals surface area contributed by atoms with Crippen molar-refractivity contribution in [2.24, 2.45) is 0 Å². The molecule has 0 aliphatic carbocycles. The van der Waals surface area contributed by atoms with E-state index in [1.165, 1.54) is 7.11 Å². The van der Waals surface area contributed by atoms with Crippen LogP contribution in [0.4, 0.5) is 17.4 Å². The Balaban J connectivity index is 1.36. The number of rotatable bonds is 13. The lowest BCUT2D eigenvalue weighted by Gasteiger charge is -2.19. The van der Waals surface area contributed by atoms with E-state index in [0.717, 1.165) is 16.8 Å². The lowest BCUT2D eigenvalue weighted by atomic mass is 10.0. The zero-order valence-electron chi connectivity index (χ0n) is 23.3. The fraction of sp³-hybridized carbons (Fsp3) is 0.258. The van der Waals surface area contributed by atoms with E-state index in [2.05, 4.69) is 20.9 Å². The van der Waals surface area contributed by atoms with E-state index < -0.39 is 18.0 Å². The maximum absolute atomic E-state index is 12.8. The van der Waals surface area contributed by atoms with Crippen LogP contribution < -0.4 is 16.0 Å². The number of amides is 2. The van der Waals surface area contributed by atoms with E-state index in [9.17, 15) is 19.2 Å². The molecule has 2 amide bonds. The molecule has 0 spiro atoms. The van der Waals surface area contributed by atoms with E-state index in [4.69, 9.17) is 14.3 Å². The minimum absolute atomic E-state index is 0.0166. The molecule has 0 fully saturated rings. The third kappa shape index (κ3) is 8.40. The molecule has 1 unspecified atom stereocenters. The van der Waals surface area contributed by atoms with Crippen LogP contribution >= 0.6 is 0 Å². The number of methoxy groups -OCH3 is 1. The number of carboxylic acids is 1. The molecule has 42 heavy (non-hydrogen) atoms. The number of esters is 1. The smallest absolute Gasteiger partial charge is 0.307 e. The van der Waals surface area contributed by atoms with Crippen LogP contribution in [0.5, 0.6) is 0 Å². The van der Waals surface area contributed by atoms with Gasteiger partial charge in [0.15, 0.2) is 5.58 Å². The predicted molar refractivity (Wildman–Crippen MR) is 156 cm³/mol. The van der Waals surface area contributed by atoms with Gasteiger partial charge in [0.1, 0.15) is 5.52 Å². The number of oxazole rings is 1. The second-order valence-corrected chi connectivity index (χ2v) is 9.76. The predicted octanol–water partition coefficient (Wildman–Crippen LogP) is 5.04. The number of hydrogen-bond donors (Lipinski definition) is 4. The first kappa shape index (κ1) is 29.8. The van der Waals surface area contributed by atoms with Crippen LogP contribution in [0, 0.1) is 6.92 Å². The molecule has 0 bridgehead atoms. The SMILES string of the molecule is COC(=O)CC(NC(=O)CCCC(=O)O)c1ccc(NC(=O)Cc2ccc3oc(Nc4ccccc4C)nc3c2)cc1. The topological polar surface area (TPSA) is 160 Å². The van der Waals surface area contributed by atoms with E-state index in [1.807, 2.05) is 37.3 Å². The van der Waals surface area contributed by atoms with Gasteiger partial charge in [-0.3, -0.25) is 19.2 Å². The van der Waals surface area contributed by atoms with Gasteiger partial charge in [0.05, 0.1) is 26.0 Å². The van der Waals surface area contributed by atoms with Crippen LogP contribution in [0.3, 0.4) is 0 Å². The van der Waals surface area contributed by atoms with Crippen molar-refractivity contribution in [2.75, 3.05) is 17.7 Å². The Bertz CT molecular complexity index is 1580. The first-order valence-electron chi connectivity index (χ1n) is 13.4. The highest BCUT2D eigenvalue weighted by Crippen LogP contribution is 2.25. The average molecular weight is 573 g/mol. The molecular formula is C31H32N4O7. The van der Waals surface area contributed by atoms with Crippen molar-refractivity contribution in [3.63, 3.8) is 0 Å². The Morgan fingerprint density at radius 3 is 2.45 bits per heavy atom. The maximum atomic E-state index is 12.8. The Morgan fingerprint density at radius 1 is 0.976 bits per heavy atom. The van der Waals surface area contributed by atoms with Crippen molar-refractivity contribution < 1.29 is 33.4 Å². The second-order valence-electron chi connectivity index (χ2n) is 9.76. The highest BCUT2D eigenvalue weighted by atomic mass is 16.5. The molecule has 218 valence electrons. The van der Waals surface area contributed by atoms with Gasteiger partial charge in [0.25, 0.3) is 6.01 Å². The Morgan fingerprint density at radius 2 is 1.74 bits per heavy atom. The van der Waals surface area contributed by atoms with E-state index in [-0.39, 0.29) is 43.9 Å². The normalized spacial score (nSPS) is 11.5. The van der Waals surface area contributed by atoms with Crippen molar-refractivity contribution in [2.45, 2.75) is 45.1 Å². The number of aryl methyl sites for hydroxylation is 1. The lowest BCUT2D eigenvalue weighted by Crippen LogP contribution is -2.30. The van der Waals surface area contributed by atoms with Crippen molar-refractivity contribution in [1.82, 2.24) is 10.3 Å². The van der Waals surface area contributed by atoms with Crippen LogP contribution in [0.2, 0.25) is 0 Å². The van der Waals surface area contributed by atoms with E-state index >= 15 is 0 Å². The summed E-state index contributed by atoms with van der Waals surface area (Å²) in [5, 5.41) is 17.6. The van der Waals surface area contributed by atoms with E-state index in [1.54, 1.807) is 36.4 Å². The van der Waals surface area contributed by atoms with Gasteiger partial charge in [-0.2, -0.15) is 4.98 Å². The molecule has 11 nitrogen and oxygen atoms in total. The molecule has 1 heterocycles. The first-order valence-corrected chi connectivity index (χ1v) is 13.4. The molecule has 4 rings (SSSR count). The summed E-state index contributed by atoms with van der Waals surface area (Å²) in [6.45, 7) is 1.99. The van der Waals surface area contributed by atoms with Crippen LogP contribution in [0.15, 0.2) is 71.1 Å². The molecule has 11 heteroatoms. The number of hydrogen-bond acceptors (Lipinski definition) is 8. The minimum atomic E-state index is -0.981. The zero-order valence-corrected chi connectivity index (χ0v) is 23.3. The Labute approximate surface area is 242 Å². The molecule has 0 aliphatic rings. The summed E-state index contributed by atoms with van der Waals surface area (Å²) < 4.78 is 10.5. The third-order valence-electron chi connectivity index (χ3n) is 6.53. The number of carboxylic acid groups (broad SMARTS) is 1. The molecule has 0 saturated carbocycles. The first-order chi connectivity index (χ1) is 20.2. The fourth-order valence-corrected chi connectivity index (χ4v) is 4.32. The average Bonchev–Trinajstić information content (AvgIpc) is 3.35. The summed E-state index contributed by atoms with van der Waals surface area (Å²) in [5.74, 6) is -2.10. The second kappa shape index (κ2) is 13.9. The number of para-hydroxylation sites is 1. The number of fused-ring (bicyclic) bond motifs is 1. The highest BCUT2D eigenvalue weighted by Gasteiger charge is 2.19. The van der Waals surface area contributed by atoms with Gasteiger partial charge in [-0.15, -0.1) is 0 Å². The van der Waals surface area contributed by atoms with E-state index in [0.29, 0.717) is 28.4 Å². The molecular weight excluding hydrogens is 540 g/mol. The van der Waals surface area contributed by atoms with Gasteiger partial charge >= 0.3 is 11.9 Å². The summed E-state index contributed by atoms with van der Waals surface area (Å²) in [5.41, 5.74) is 5.11. The number of carbonyl (C=O) groups is 4. The molecule has 3 aromatic carbocycles. The standard InChI is InChI=1S/C31H32N4O7/c1-19-6-3-4-7-23(19)34-31-35-25-16-20(10-15-26(25)42-31)17-28(37)32-22-13-11-21(12-14-22)24(18-30(40)41-2)33-27(36)8-5-9-29(38)39/h3-4,6-7,10-16,24H,5,8-9,17-18H2,1-2H3,(H,32,37)(H,33,36)(H,34,35)(H,38,39). The fourth-order valence-electron chi connectivity index (χ4n) is 4.32. The van der Waals surface area contributed by atoms with Crippen LogP contribution in [-0.2, 0) is 30.3 Å². The van der Waals surface area contributed by atoms with Crippen molar-refractivity contribution in [1.29, 1.82) is 0 Å². The Kier molecular flexibility index (Phi) is 9.88. The largest absolute Gasteiger partial charge is 0.481 e. The number of nitrogens with one attached hydrogen (secondary N) is 3. The molecule has 0 aliphatic heterocycles. The summed E-state index contributed by atoms with van der Waals surface area (Å²) in [7, 11) is 1.26. The van der Waals surface area contributed by atoms with Gasteiger partial charge in [0, 0.05) is 24.2 Å². The monoisotopic (exact) mass is 572 g/mol. The molecule has 4 N–H and O–H groups in total. The molecule has 1 aromatic heterocycles. The number of carbonyl (C=O) groups excluding carboxylic acids is 3. The van der Waals surface area contributed by atoms with Gasteiger partial charge in [-0.05, 0) is 60.4 Å². The number of ether oxygens (including phenoxy) is 1. The molecule has 1 atom stereocenters. The lowest BCUT2D eigenvalue weighted by molar-refractivity contribution is -0.141. The number of anilines is 3. The van der Waals surface area contributed by atoms with Gasteiger partial charge < -0.3 is 30.2 Å². The van der Waals surface area contributed by atoms with Crippen LogP contribution in [0.1, 0.15) is 48.4 Å². The van der Waals surface area contributed by atoms with Gasteiger partial charge in [-0.25, -0.2) is 0 Å². The summed E-state index contributed by atoms with van der Waals surface area (Å²) in [6, 6.07) is 19.7. The minimum Gasteiger partial charge on any atom is -0.481 e.